The molecule has 148 valence electrons. The molecule has 1 heterocycles. The highest BCUT2D eigenvalue weighted by molar-refractivity contribution is 6.31. The molecular formula is C21H18ClN3O4. The molecule has 3 rings (SSSR count). The first-order chi connectivity index (χ1) is 14.0. The largest absolute Gasteiger partial charge is 0.452 e. The van der Waals surface area contributed by atoms with Crippen molar-refractivity contribution in [3.05, 3.63) is 64.2 Å². The summed E-state index contributed by atoms with van der Waals surface area (Å²) >= 11 is 5.87. The molecule has 29 heavy (non-hydrogen) atoms. The first kappa shape index (κ1) is 20.4. The van der Waals surface area contributed by atoms with Gasteiger partial charge in [-0.05, 0) is 42.3 Å². The lowest BCUT2D eigenvalue weighted by Gasteiger charge is -2.15. The minimum absolute atomic E-state index is 0.138. The molecule has 0 atom stereocenters. The number of carbonyl (C=O) groups excluding carboxylic acids is 3. The number of nitriles is 1. The van der Waals surface area contributed by atoms with E-state index in [-0.39, 0.29) is 17.2 Å². The van der Waals surface area contributed by atoms with E-state index in [2.05, 4.69) is 5.32 Å². The molecule has 0 bridgehead atoms. The number of nitrogens with zero attached hydrogens (tertiary/aromatic N) is 2. The predicted molar refractivity (Wildman–Crippen MR) is 106 cm³/mol. The summed E-state index contributed by atoms with van der Waals surface area (Å²) in [6.07, 6.45) is 1.45. The molecule has 0 unspecified atom stereocenters. The smallest absolute Gasteiger partial charge is 0.338 e. The Morgan fingerprint density at radius 3 is 2.62 bits per heavy atom. The minimum Gasteiger partial charge on any atom is -0.452 e. The molecule has 2 aromatic carbocycles. The van der Waals surface area contributed by atoms with Crippen LogP contribution >= 0.6 is 11.6 Å². The molecule has 0 saturated carbocycles. The number of halogens is 1. The van der Waals surface area contributed by atoms with Gasteiger partial charge in [0, 0.05) is 24.5 Å². The summed E-state index contributed by atoms with van der Waals surface area (Å²) in [6, 6.07) is 13.1. The molecule has 0 aromatic heterocycles. The fourth-order valence-electron chi connectivity index (χ4n) is 2.96. The van der Waals surface area contributed by atoms with Gasteiger partial charge < -0.3 is 15.0 Å². The van der Waals surface area contributed by atoms with Crippen LogP contribution in [0.25, 0.3) is 0 Å². The molecule has 8 heteroatoms. The van der Waals surface area contributed by atoms with Gasteiger partial charge in [0.05, 0.1) is 16.8 Å². The van der Waals surface area contributed by atoms with Crippen molar-refractivity contribution in [3.8, 4) is 6.07 Å². The molecular weight excluding hydrogens is 394 g/mol. The molecule has 0 aliphatic carbocycles. The summed E-state index contributed by atoms with van der Waals surface area (Å²) in [5.74, 6) is -1.09. The van der Waals surface area contributed by atoms with Crippen molar-refractivity contribution in [2.24, 2.45) is 0 Å². The maximum Gasteiger partial charge on any atom is 0.338 e. The second kappa shape index (κ2) is 9.22. The maximum absolute atomic E-state index is 12.1. The lowest BCUT2D eigenvalue weighted by Crippen LogP contribution is -2.24. The minimum atomic E-state index is -0.643. The average Bonchev–Trinajstić information content (AvgIpc) is 3.11. The van der Waals surface area contributed by atoms with Gasteiger partial charge >= 0.3 is 5.97 Å². The van der Waals surface area contributed by atoms with Crippen LogP contribution in [0, 0.1) is 11.3 Å². The summed E-state index contributed by atoms with van der Waals surface area (Å²) in [4.78, 5) is 37.6. The molecule has 7 nitrogen and oxygen atoms in total. The summed E-state index contributed by atoms with van der Waals surface area (Å²) in [6.45, 7) is 0.759. The number of hydrogen-bond donors (Lipinski definition) is 1. The monoisotopic (exact) mass is 411 g/mol. The highest BCUT2D eigenvalue weighted by atomic mass is 35.5. The van der Waals surface area contributed by atoms with Gasteiger partial charge in [0.25, 0.3) is 5.91 Å². The van der Waals surface area contributed by atoms with Crippen molar-refractivity contribution in [1.82, 2.24) is 4.90 Å². The second-order valence-electron chi connectivity index (χ2n) is 6.54. The third kappa shape index (κ3) is 5.33. The van der Waals surface area contributed by atoms with Crippen LogP contribution < -0.4 is 5.32 Å². The van der Waals surface area contributed by atoms with Gasteiger partial charge in [-0.25, -0.2) is 4.79 Å². The Morgan fingerprint density at radius 2 is 1.97 bits per heavy atom. The zero-order valence-corrected chi connectivity index (χ0v) is 16.2. The molecule has 1 aliphatic heterocycles. The number of carbonyl (C=O) groups is 3. The Hall–Kier alpha value is -3.37. The molecule has 0 radical (unpaired) electrons. The van der Waals surface area contributed by atoms with Crippen molar-refractivity contribution in [3.63, 3.8) is 0 Å². The van der Waals surface area contributed by atoms with Crippen LogP contribution in [-0.2, 0) is 20.9 Å². The summed E-state index contributed by atoms with van der Waals surface area (Å²) < 4.78 is 5.02. The van der Waals surface area contributed by atoms with Crippen LogP contribution in [0.2, 0.25) is 5.02 Å². The van der Waals surface area contributed by atoms with Crippen LogP contribution in [0.15, 0.2) is 42.5 Å². The van der Waals surface area contributed by atoms with E-state index < -0.39 is 18.5 Å². The van der Waals surface area contributed by atoms with E-state index in [1.165, 1.54) is 12.1 Å². The van der Waals surface area contributed by atoms with Crippen molar-refractivity contribution in [2.45, 2.75) is 19.4 Å². The normalized spacial score (nSPS) is 13.1. The van der Waals surface area contributed by atoms with Gasteiger partial charge in [0.1, 0.15) is 6.07 Å². The van der Waals surface area contributed by atoms with Crippen molar-refractivity contribution in [1.29, 1.82) is 5.26 Å². The Balaban J connectivity index is 1.52. The van der Waals surface area contributed by atoms with Gasteiger partial charge in [-0.3, -0.25) is 9.59 Å². The van der Waals surface area contributed by atoms with E-state index in [4.69, 9.17) is 21.6 Å². The lowest BCUT2D eigenvalue weighted by molar-refractivity contribution is -0.128. The predicted octanol–water partition coefficient (Wildman–Crippen LogP) is 3.13. The van der Waals surface area contributed by atoms with Crippen molar-refractivity contribution in [2.75, 3.05) is 18.5 Å². The number of rotatable bonds is 6. The van der Waals surface area contributed by atoms with Crippen LogP contribution in [-0.4, -0.2) is 35.8 Å². The number of esters is 1. The Morgan fingerprint density at radius 1 is 1.21 bits per heavy atom. The first-order valence-corrected chi connectivity index (χ1v) is 9.37. The molecule has 1 fully saturated rings. The Bertz CT molecular complexity index is 982. The second-order valence-corrected chi connectivity index (χ2v) is 6.98. The summed E-state index contributed by atoms with van der Waals surface area (Å²) in [5, 5.41) is 11.9. The van der Waals surface area contributed by atoms with Crippen LogP contribution in [0.4, 0.5) is 5.69 Å². The fraction of sp³-hybridized carbons (Fsp3) is 0.238. The third-order valence-corrected chi connectivity index (χ3v) is 4.68. The molecule has 1 saturated heterocycles. The van der Waals surface area contributed by atoms with E-state index >= 15 is 0 Å². The molecule has 1 N–H and O–H groups in total. The van der Waals surface area contributed by atoms with E-state index in [1.54, 1.807) is 35.2 Å². The van der Waals surface area contributed by atoms with Crippen molar-refractivity contribution < 1.29 is 19.1 Å². The van der Waals surface area contributed by atoms with E-state index in [9.17, 15) is 14.4 Å². The zero-order valence-electron chi connectivity index (χ0n) is 15.5. The molecule has 2 aromatic rings. The maximum atomic E-state index is 12.1. The number of hydrogen-bond acceptors (Lipinski definition) is 5. The summed E-state index contributed by atoms with van der Waals surface area (Å²) in [5.41, 5.74) is 1.72. The summed E-state index contributed by atoms with van der Waals surface area (Å²) in [7, 11) is 0. The van der Waals surface area contributed by atoms with Crippen LogP contribution in [0.5, 0.6) is 0 Å². The molecule has 1 aliphatic rings. The molecule has 2 amide bonds. The molecule has 0 spiro atoms. The number of likely N-dealkylation sites (tertiary alicyclic amines) is 1. The highest BCUT2D eigenvalue weighted by Crippen LogP contribution is 2.20. The quantitative estimate of drug-likeness (QED) is 0.736. The van der Waals surface area contributed by atoms with Gasteiger partial charge in [0.15, 0.2) is 6.61 Å². The van der Waals surface area contributed by atoms with E-state index in [0.29, 0.717) is 23.6 Å². The standard InChI is InChI=1S/C21H18ClN3O4/c22-17-8-7-16(11-23)18(10-17)24-19(26)13-29-21(28)15-5-3-14(4-6-15)12-25-9-1-2-20(25)27/h3-8,10H,1-2,9,12-13H2,(H,24,26). The van der Waals surface area contributed by atoms with E-state index in [0.717, 1.165) is 18.5 Å². The fourth-order valence-corrected chi connectivity index (χ4v) is 3.13. The third-order valence-electron chi connectivity index (χ3n) is 4.44. The Kier molecular flexibility index (Phi) is 6.47. The van der Waals surface area contributed by atoms with Gasteiger partial charge in [-0.2, -0.15) is 5.26 Å². The topological polar surface area (TPSA) is 99.5 Å². The van der Waals surface area contributed by atoms with Gasteiger partial charge in [-0.1, -0.05) is 23.7 Å². The number of anilines is 1. The zero-order chi connectivity index (χ0) is 20.8. The Labute approximate surface area is 172 Å². The van der Waals surface area contributed by atoms with Gasteiger partial charge in [-0.15, -0.1) is 0 Å². The number of nitrogens with one attached hydrogen (secondary N) is 1. The van der Waals surface area contributed by atoms with E-state index in [1.807, 2.05) is 6.07 Å². The number of amides is 2. The number of ether oxygens (including phenoxy) is 1. The van der Waals surface area contributed by atoms with Crippen LogP contribution in [0.1, 0.15) is 34.3 Å². The number of benzene rings is 2. The first-order valence-electron chi connectivity index (χ1n) is 8.99. The van der Waals surface area contributed by atoms with Gasteiger partial charge in [0.2, 0.25) is 5.91 Å². The van der Waals surface area contributed by atoms with Crippen molar-refractivity contribution >= 4 is 35.1 Å². The average molecular weight is 412 g/mol. The lowest BCUT2D eigenvalue weighted by atomic mass is 10.1. The van der Waals surface area contributed by atoms with Crippen LogP contribution in [0.3, 0.4) is 0 Å². The highest BCUT2D eigenvalue weighted by Gasteiger charge is 2.20. The SMILES string of the molecule is N#Cc1ccc(Cl)cc1NC(=O)COC(=O)c1ccc(CN2CCCC2=O)cc1.